The molecule has 1 N–H and O–H groups in total. The van der Waals surface area contributed by atoms with Gasteiger partial charge in [-0.25, -0.2) is 0 Å². The number of nitrogens with one attached hydrogen (secondary N) is 1. The number of rotatable bonds is 4. The zero-order chi connectivity index (χ0) is 13.7. The third kappa shape index (κ3) is 4.53. The Morgan fingerprint density at radius 2 is 2.26 bits per heavy atom. The van der Waals surface area contributed by atoms with Crippen LogP contribution in [-0.4, -0.2) is 25.2 Å². The lowest BCUT2D eigenvalue weighted by molar-refractivity contribution is -0.116. The van der Waals surface area contributed by atoms with E-state index in [1.54, 1.807) is 24.3 Å². The van der Waals surface area contributed by atoms with Crippen LogP contribution < -0.4 is 5.32 Å². The maximum Gasteiger partial charge on any atom is 0.244 e. The molecule has 2 rings (SSSR count). The van der Waals surface area contributed by atoms with E-state index in [1.165, 1.54) is 6.08 Å². The van der Waals surface area contributed by atoms with Crippen LogP contribution in [0.2, 0.25) is 10.0 Å². The van der Waals surface area contributed by atoms with Crippen LogP contribution in [0.3, 0.4) is 0 Å². The standard InChI is InChI=1S/C14H15Cl2NO2/c15-12-5-3-10(8-13(12)16)4-6-14(18)17-9-11-2-1-7-19-11/h3-6,8,11H,1-2,7,9H2,(H,17,18). The maximum absolute atomic E-state index is 11.6. The molecule has 0 radical (unpaired) electrons. The molecule has 19 heavy (non-hydrogen) atoms. The Morgan fingerprint density at radius 1 is 1.42 bits per heavy atom. The number of hydrogen-bond donors (Lipinski definition) is 1. The minimum Gasteiger partial charge on any atom is -0.376 e. The van der Waals surface area contributed by atoms with Gasteiger partial charge in [0.05, 0.1) is 16.1 Å². The van der Waals surface area contributed by atoms with Crippen LogP contribution in [0.5, 0.6) is 0 Å². The minimum atomic E-state index is -0.137. The van der Waals surface area contributed by atoms with Gasteiger partial charge in [0.2, 0.25) is 5.91 Å². The number of halogens is 2. The summed E-state index contributed by atoms with van der Waals surface area (Å²) in [5.74, 6) is -0.137. The SMILES string of the molecule is O=C(C=Cc1ccc(Cl)c(Cl)c1)NCC1CCCO1. The van der Waals surface area contributed by atoms with Crippen LogP contribution in [0.15, 0.2) is 24.3 Å². The predicted octanol–water partition coefficient (Wildman–Crippen LogP) is 3.30. The Bertz CT molecular complexity index is 482. The Morgan fingerprint density at radius 3 is 2.95 bits per heavy atom. The van der Waals surface area contributed by atoms with Crippen molar-refractivity contribution in [1.82, 2.24) is 5.32 Å². The van der Waals surface area contributed by atoms with Crippen molar-refractivity contribution in [2.45, 2.75) is 18.9 Å². The van der Waals surface area contributed by atoms with Gasteiger partial charge in [-0.3, -0.25) is 4.79 Å². The molecule has 0 saturated carbocycles. The van der Waals surface area contributed by atoms with Gasteiger partial charge >= 0.3 is 0 Å². The fraction of sp³-hybridized carbons (Fsp3) is 0.357. The summed E-state index contributed by atoms with van der Waals surface area (Å²) in [6.45, 7) is 1.35. The molecule has 0 spiro atoms. The van der Waals surface area contributed by atoms with E-state index in [4.69, 9.17) is 27.9 Å². The Kier molecular flexibility index (Phi) is 5.25. The molecule has 1 amide bonds. The van der Waals surface area contributed by atoms with Gasteiger partial charge in [0.1, 0.15) is 0 Å². The Balaban J connectivity index is 1.83. The lowest BCUT2D eigenvalue weighted by Crippen LogP contribution is -2.30. The summed E-state index contributed by atoms with van der Waals surface area (Å²) in [6.07, 6.45) is 5.42. The molecule has 1 saturated heterocycles. The third-order valence-corrected chi connectivity index (χ3v) is 3.64. The van der Waals surface area contributed by atoms with Gasteiger partial charge in [0, 0.05) is 19.2 Å². The summed E-state index contributed by atoms with van der Waals surface area (Å²) in [4.78, 5) is 11.6. The van der Waals surface area contributed by atoms with Crippen molar-refractivity contribution in [2.24, 2.45) is 0 Å². The molecule has 3 nitrogen and oxygen atoms in total. The number of benzene rings is 1. The van der Waals surface area contributed by atoms with Crippen LogP contribution in [0, 0.1) is 0 Å². The highest BCUT2D eigenvalue weighted by molar-refractivity contribution is 6.42. The van der Waals surface area contributed by atoms with Gasteiger partial charge in [-0.2, -0.15) is 0 Å². The molecule has 1 aliphatic heterocycles. The fourth-order valence-electron chi connectivity index (χ4n) is 1.87. The van der Waals surface area contributed by atoms with Gasteiger partial charge in [0.25, 0.3) is 0 Å². The first-order valence-corrected chi connectivity index (χ1v) is 6.93. The molecule has 1 aromatic rings. The zero-order valence-corrected chi connectivity index (χ0v) is 11.9. The lowest BCUT2D eigenvalue weighted by Gasteiger charge is -2.08. The summed E-state index contributed by atoms with van der Waals surface area (Å²) in [5, 5.41) is 3.79. The average molecular weight is 300 g/mol. The number of ether oxygens (including phenoxy) is 1. The van der Waals surface area contributed by atoms with E-state index in [-0.39, 0.29) is 12.0 Å². The highest BCUT2D eigenvalue weighted by Gasteiger charge is 2.15. The van der Waals surface area contributed by atoms with Crippen molar-refractivity contribution >= 4 is 35.2 Å². The van der Waals surface area contributed by atoms with E-state index >= 15 is 0 Å². The van der Waals surface area contributed by atoms with Crippen molar-refractivity contribution in [3.8, 4) is 0 Å². The summed E-state index contributed by atoms with van der Waals surface area (Å²) in [7, 11) is 0. The molecular weight excluding hydrogens is 285 g/mol. The van der Waals surface area contributed by atoms with Gasteiger partial charge in [-0.05, 0) is 36.6 Å². The number of amides is 1. The molecule has 1 fully saturated rings. The highest BCUT2D eigenvalue weighted by atomic mass is 35.5. The van der Waals surface area contributed by atoms with Crippen LogP contribution in [-0.2, 0) is 9.53 Å². The molecule has 102 valence electrons. The minimum absolute atomic E-state index is 0.137. The second kappa shape index (κ2) is 6.94. The molecule has 0 aliphatic carbocycles. The first kappa shape index (κ1) is 14.4. The first-order valence-electron chi connectivity index (χ1n) is 6.18. The quantitative estimate of drug-likeness (QED) is 0.866. The van der Waals surface area contributed by atoms with Crippen LogP contribution >= 0.6 is 23.2 Å². The number of carbonyl (C=O) groups excluding carboxylic acids is 1. The van der Waals surface area contributed by atoms with Crippen molar-refractivity contribution in [2.75, 3.05) is 13.2 Å². The molecule has 1 aliphatic rings. The van der Waals surface area contributed by atoms with Gasteiger partial charge in [0.15, 0.2) is 0 Å². The molecule has 1 heterocycles. The predicted molar refractivity (Wildman–Crippen MR) is 77.5 cm³/mol. The maximum atomic E-state index is 11.6. The smallest absolute Gasteiger partial charge is 0.244 e. The van der Waals surface area contributed by atoms with Crippen molar-refractivity contribution < 1.29 is 9.53 Å². The Labute approximate surface area is 122 Å². The van der Waals surface area contributed by atoms with E-state index in [9.17, 15) is 4.79 Å². The van der Waals surface area contributed by atoms with Gasteiger partial charge in [-0.1, -0.05) is 29.3 Å². The second-order valence-electron chi connectivity index (χ2n) is 4.39. The normalized spacial score (nSPS) is 18.9. The largest absolute Gasteiger partial charge is 0.376 e. The van der Waals surface area contributed by atoms with Crippen molar-refractivity contribution in [3.63, 3.8) is 0 Å². The highest BCUT2D eigenvalue weighted by Crippen LogP contribution is 2.23. The fourth-order valence-corrected chi connectivity index (χ4v) is 2.17. The lowest BCUT2D eigenvalue weighted by atomic mass is 10.2. The zero-order valence-electron chi connectivity index (χ0n) is 10.4. The van der Waals surface area contributed by atoms with E-state index in [0.29, 0.717) is 16.6 Å². The summed E-state index contributed by atoms with van der Waals surface area (Å²) in [6, 6.07) is 5.22. The Hall–Kier alpha value is -1.03. The van der Waals surface area contributed by atoms with E-state index in [1.807, 2.05) is 0 Å². The van der Waals surface area contributed by atoms with Gasteiger partial charge in [-0.15, -0.1) is 0 Å². The summed E-state index contributed by atoms with van der Waals surface area (Å²) in [5.41, 5.74) is 0.835. The molecular formula is C14H15Cl2NO2. The molecule has 0 aromatic heterocycles. The van der Waals surface area contributed by atoms with E-state index in [2.05, 4.69) is 5.32 Å². The van der Waals surface area contributed by atoms with Crippen LogP contribution in [0.4, 0.5) is 0 Å². The molecule has 1 unspecified atom stereocenters. The van der Waals surface area contributed by atoms with Crippen molar-refractivity contribution in [3.05, 3.63) is 39.9 Å². The van der Waals surface area contributed by atoms with Gasteiger partial charge < -0.3 is 10.1 Å². The average Bonchev–Trinajstić information content (AvgIpc) is 2.91. The van der Waals surface area contributed by atoms with Crippen LogP contribution in [0.25, 0.3) is 6.08 Å². The molecule has 1 aromatic carbocycles. The number of hydrogen-bond acceptors (Lipinski definition) is 2. The van der Waals surface area contributed by atoms with E-state index < -0.39 is 0 Å². The monoisotopic (exact) mass is 299 g/mol. The molecule has 1 atom stereocenters. The summed E-state index contributed by atoms with van der Waals surface area (Å²) < 4.78 is 5.42. The summed E-state index contributed by atoms with van der Waals surface area (Å²) >= 11 is 11.7. The second-order valence-corrected chi connectivity index (χ2v) is 5.20. The van der Waals surface area contributed by atoms with Crippen molar-refractivity contribution in [1.29, 1.82) is 0 Å². The third-order valence-electron chi connectivity index (χ3n) is 2.90. The molecule has 5 heteroatoms. The topological polar surface area (TPSA) is 38.3 Å². The van der Waals surface area contributed by atoms with E-state index in [0.717, 1.165) is 25.0 Å². The number of carbonyl (C=O) groups is 1. The van der Waals surface area contributed by atoms with Crippen LogP contribution in [0.1, 0.15) is 18.4 Å². The molecule has 0 bridgehead atoms. The first-order chi connectivity index (χ1) is 9.15.